The van der Waals surface area contributed by atoms with Crippen molar-refractivity contribution in [3.05, 3.63) is 17.6 Å². The van der Waals surface area contributed by atoms with Crippen molar-refractivity contribution >= 4 is 11.8 Å². The summed E-state index contributed by atoms with van der Waals surface area (Å²) in [6.07, 6.45) is 2.18. The average Bonchev–Trinajstić information content (AvgIpc) is 2.27. The minimum Gasteiger partial charge on any atom is -0.463 e. The number of carbonyl (C=O) groups excluding carboxylic acids is 1. The summed E-state index contributed by atoms with van der Waals surface area (Å²) in [6.45, 7) is 4.78. The number of nitrogens with one attached hydrogen (secondary N) is 1. The third kappa shape index (κ3) is 3.49. The van der Waals surface area contributed by atoms with Crippen molar-refractivity contribution < 1.29 is 9.53 Å². The van der Waals surface area contributed by atoms with Gasteiger partial charge in [-0.25, -0.2) is 14.8 Å². The Bertz CT molecular complexity index is 366. The highest BCUT2D eigenvalue weighted by atomic mass is 16.5. The fourth-order valence-corrected chi connectivity index (χ4v) is 1.23. The van der Waals surface area contributed by atoms with Crippen molar-refractivity contribution in [3.63, 3.8) is 0 Å². The van der Waals surface area contributed by atoms with E-state index in [1.165, 1.54) is 7.11 Å². The van der Waals surface area contributed by atoms with Crippen molar-refractivity contribution in [2.45, 2.75) is 26.7 Å². The van der Waals surface area contributed by atoms with Crippen LogP contribution in [0.4, 0.5) is 5.82 Å². The number of esters is 1. The van der Waals surface area contributed by atoms with Crippen LogP contribution in [0, 0.1) is 6.92 Å². The summed E-state index contributed by atoms with van der Waals surface area (Å²) in [5.41, 5.74) is 0.745. The molecule has 88 valence electrons. The Kier molecular flexibility index (Phi) is 4.69. The molecule has 0 aliphatic heterocycles. The van der Waals surface area contributed by atoms with Gasteiger partial charge in [-0.3, -0.25) is 0 Å². The monoisotopic (exact) mass is 223 g/mol. The second-order valence-corrected chi connectivity index (χ2v) is 3.49. The Morgan fingerprint density at radius 3 is 2.88 bits per heavy atom. The second-order valence-electron chi connectivity index (χ2n) is 3.49. The number of rotatable bonds is 5. The van der Waals surface area contributed by atoms with Crippen LogP contribution in [0.15, 0.2) is 6.07 Å². The molecule has 0 aliphatic rings. The number of hydrogen-bond donors (Lipinski definition) is 1. The molecule has 0 amide bonds. The molecule has 0 fully saturated rings. The van der Waals surface area contributed by atoms with E-state index in [-0.39, 0.29) is 5.82 Å². The van der Waals surface area contributed by atoms with Gasteiger partial charge < -0.3 is 10.1 Å². The molecule has 5 nitrogen and oxygen atoms in total. The number of anilines is 1. The first-order valence-corrected chi connectivity index (χ1v) is 5.35. The van der Waals surface area contributed by atoms with Crippen molar-refractivity contribution in [3.8, 4) is 0 Å². The molecule has 5 heteroatoms. The molecular formula is C11H17N3O2. The summed E-state index contributed by atoms with van der Waals surface area (Å²) < 4.78 is 4.58. The molecule has 0 saturated heterocycles. The van der Waals surface area contributed by atoms with E-state index in [9.17, 15) is 4.79 Å². The SMILES string of the molecule is CCCCNc1cc(C)nc(C(=O)OC)n1. The van der Waals surface area contributed by atoms with Crippen molar-refractivity contribution in [1.82, 2.24) is 9.97 Å². The van der Waals surface area contributed by atoms with Gasteiger partial charge >= 0.3 is 5.97 Å². The van der Waals surface area contributed by atoms with Gasteiger partial charge in [-0.05, 0) is 13.3 Å². The van der Waals surface area contributed by atoms with E-state index >= 15 is 0 Å². The number of hydrogen-bond acceptors (Lipinski definition) is 5. The minimum atomic E-state index is -0.512. The fraction of sp³-hybridized carbons (Fsp3) is 0.545. The minimum absolute atomic E-state index is 0.0986. The number of carbonyl (C=O) groups is 1. The lowest BCUT2D eigenvalue weighted by Crippen LogP contribution is -2.11. The summed E-state index contributed by atoms with van der Waals surface area (Å²) in [5.74, 6) is 0.255. The average molecular weight is 223 g/mol. The molecule has 16 heavy (non-hydrogen) atoms. The smallest absolute Gasteiger partial charge is 0.376 e. The first-order chi connectivity index (χ1) is 7.67. The van der Waals surface area contributed by atoms with Crippen LogP contribution in [0.25, 0.3) is 0 Å². The van der Waals surface area contributed by atoms with Gasteiger partial charge in [-0.2, -0.15) is 0 Å². The highest BCUT2D eigenvalue weighted by molar-refractivity contribution is 5.85. The van der Waals surface area contributed by atoms with E-state index in [1.54, 1.807) is 0 Å². The predicted molar refractivity (Wildman–Crippen MR) is 61.5 cm³/mol. The third-order valence-corrected chi connectivity index (χ3v) is 2.06. The largest absolute Gasteiger partial charge is 0.463 e. The maximum Gasteiger partial charge on any atom is 0.376 e. The van der Waals surface area contributed by atoms with Crippen LogP contribution in [0.3, 0.4) is 0 Å². The van der Waals surface area contributed by atoms with Crippen molar-refractivity contribution in [2.75, 3.05) is 19.0 Å². The zero-order valence-corrected chi connectivity index (χ0v) is 9.91. The van der Waals surface area contributed by atoms with Gasteiger partial charge in [0.05, 0.1) is 7.11 Å². The molecule has 0 radical (unpaired) electrons. The van der Waals surface area contributed by atoms with Crippen LogP contribution in [0.1, 0.15) is 36.1 Å². The van der Waals surface area contributed by atoms with E-state index in [0.29, 0.717) is 5.82 Å². The molecule has 0 spiro atoms. The second kappa shape index (κ2) is 6.05. The molecule has 0 saturated carbocycles. The van der Waals surface area contributed by atoms with E-state index in [1.807, 2.05) is 13.0 Å². The lowest BCUT2D eigenvalue weighted by atomic mass is 10.3. The summed E-state index contributed by atoms with van der Waals surface area (Å²) in [6, 6.07) is 1.81. The molecule has 1 heterocycles. The molecule has 1 aromatic heterocycles. The van der Waals surface area contributed by atoms with E-state index in [2.05, 4.69) is 26.9 Å². The van der Waals surface area contributed by atoms with Crippen LogP contribution in [-0.4, -0.2) is 29.6 Å². The summed E-state index contributed by atoms with van der Waals surface area (Å²) in [5, 5.41) is 3.15. The molecule has 1 aromatic rings. The number of ether oxygens (including phenoxy) is 1. The Hall–Kier alpha value is -1.65. The van der Waals surface area contributed by atoms with Crippen LogP contribution in [0.2, 0.25) is 0 Å². The molecule has 0 atom stereocenters. The fourth-order valence-electron chi connectivity index (χ4n) is 1.23. The molecule has 0 bridgehead atoms. The molecule has 0 aliphatic carbocycles. The number of aryl methyl sites for hydroxylation is 1. The maximum absolute atomic E-state index is 11.3. The topological polar surface area (TPSA) is 64.1 Å². The normalized spacial score (nSPS) is 9.94. The number of aromatic nitrogens is 2. The van der Waals surface area contributed by atoms with E-state index in [0.717, 1.165) is 25.1 Å². The standard InChI is InChI=1S/C11H17N3O2/c1-4-5-6-12-9-7-8(2)13-10(14-9)11(15)16-3/h7H,4-6H2,1-3H3,(H,12,13,14). The van der Waals surface area contributed by atoms with Crippen molar-refractivity contribution in [2.24, 2.45) is 0 Å². The zero-order valence-electron chi connectivity index (χ0n) is 9.91. The highest BCUT2D eigenvalue weighted by Gasteiger charge is 2.10. The van der Waals surface area contributed by atoms with Crippen LogP contribution in [-0.2, 0) is 4.74 Å². The summed E-state index contributed by atoms with van der Waals surface area (Å²) in [4.78, 5) is 19.4. The molecule has 1 rings (SSSR count). The Balaban J connectivity index is 2.77. The quantitative estimate of drug-likeness (QED) is 0.609. The first-order valence-electron chi connectivity index (χ1n) is 5.35. The number of methoxy groups -OCH3 is 1. The van der Waals surface area contributed by atoms with Crippen LogP contribution < -0.4 is 5.32 Å². The zero-order chi connectivity index (χ0) is 12.0. The van der Waals surface area contributed by atoms with E-state index in [4.69, 9.17) is 0 Å². The van der Waals surface area contributed by atoms with Crippen LogP contribution in [0.5, 0.6) is 0 Å². The van der Waals surface area contributed by atoms with Gasteiger partial charge in [-0.1, -0.05) is 13.3 Å². The first kappa shape index (κ1) is 12.4. The van der Waals surface area contributed by atoms with Gasteiger partial charge in [0.15, 0.2) is 0 Å². The third-order valence-electron chi connectivity index (χ3n) is 2.06. The Labute approximate surface area is 95.3 Å². The van der Waals surface area contributed by atoms with Gasteiger partial charge in [0.25, 0.3) is 0 Å². The lowest BCUT2D eigenvalue weighted by molar-refractivity contribution is 0.0586. The molecule has 1 N–H and O–H groups in total. The van der Waals surface area contributed by atoms with Gasteiger partial charge in [0, 0.05) is 18.3 Å². The van der Waals surface area contributed by atoms with Crippen LogP contribution >= 0.6 is 0 Å². The number of nitrogens with zero attached hydrogens (tertiary/aromatic N) is 2. The lowest BCUT2D eigenvalue weighted by Gasteiger charge is -2.06. The Morgan fingerprint density at radius 1 is 1.50 bits per heavy atom. The molecular weight excluding hydrogens is 206 g/mol. The maximum atomic E-state index is 11.3. The number of unbranched alkanes of at least 4 members (excludes halogenated alkanes) is 1. The molecule has 0 aromatic carbocycles. The Morgan fingerprint density at radius 2 is 2.25 bits per heavy atom. The summed E-state index contributed by atoms with van der Waals surface area (Å²) in [7, 11) is 1.32. The van der Waals surface area contributed by atoms with Crippen molar-refractivity contribution in [1.29, 1.82) is 0 Å². The highest BCUT2D eigenvalue weighted by Crippen LogP contribution is 2.07. The van der Waals surface area contributed by atoms with E-state index < -0.39 is 5.97 Å². The molecule has 0 unspecified atom stereocenters. The van der Waals surface area contributed by atoms with Gasteiger partial charge in [-0.15, -0.1) is 0 Å². The van der Waals surface area contributed by atoms with Gasteiger partial charge in [0.1, 0.15) is 5.82 Å². The van der Waals surface area contributed by atoms with Gasteiger partial charge in [0.2, 0.25) is 5.82 Å². The predicted octanol–water partition coefficient (Wildman–Crippen LogP) is 1.78. The summed E-state index contributed by atoms with van der Waals surface area (Å²) >= 11 is 0.